The monoisotopic (exact) mass is 271 g/mol. The Balaban J connectivity index is 2.06. The van der Waals surface area contributed by atoms with Crippen molar-refractivity contribution >= 4 is 23.1 Å². The first kappa shape index (κ1) is 13.8. The van der Waals surface area contributed by atoms with Crippen LogP contribution in [0, 0.1) is 0 Å². The molecule has 104 valence electrons. The molecule has 2 aromatic rings. The van der Waals surface area contributed by atoms with Gasteiger partial charge in [-0.2, -0.15) is 0 Å². The van der Waals surface area contributed by atoms with E-state index in [0.29, 0.717) is 5.82 Å². The van der Waals surface area contributed by atoms with Crippen molar-refractivity contribution in [2.24, 2.45) is 0 Å². The molecule has 0 aliphatic heterocycles. The Morgan fingerprint density at radius 3 is 2.25 bits per heavy atom. The van der Waals surface area contributed by atoms with E-state index >= 15 is 0 Å². The van der Waals surface area contributed by atoms with Crippen LogP contribution in [0.15, 0.2) is 36.4 Å². The van der Waals surface area contributed by atoms with Gasteiger partial charge in [-0.1, -0.05) is 0 Å². The fourth-order valence-corrected chi connectivity index (χ4v) is 1.62. The van der Waals surface area contributed by atoms with E-state index in [1.807, 2.05) is 43.3 Å². The van der Waals surface area contributed by atoms with Crippen LogP contribution in [-0.2, 0) is 0 Å². The smallest absolute Gasteiger partial charge is 0.276 e. The number of anilines is 3. The fraction of sp³-hybridized carbons (Fsp3) is 0.214. The Bertz CT molecular complexity index is 578. The zero-order chi connectivity index (χ0) is 14.5. The van der Waals surface area contributed by atoms with Crippen LogP contribution in [-0.4, -0.2) is 37.2 Å². The van der Waals surface area contributed by atoms with Crippen LogP contribution in [0.5, 0.6) is 0 Å². The Morgan fingerprint density at radius 1 is 1.05 bits per heavy atom. The molecule has 0 radical (unpaired) electrons. The van der Waals surface area contributed by atoms with Gasteiger partial charge in [0.1, 0.15) is 5.82 Å². The van der Waals surface area contributed by atoms with E-state index in [4.69, 9.17) is 0 Å². The third-order valence-electron chi connectivity index (χ3n) is 2.79. The Kier molecular flexibility index (Phi) is 4.14. The molecular formula is C14H17N5O. The summed E-state index contributed by atoms with van der Waals surface area (Å²) in [7, 11) is 5.68. The van der Waals surface area contributed by atoms with E-state index in [0.717, 1.165) is 11.4 Å². The van der Waals surface area contributed by atoms with E-state index in [1.54, 1.807) is 19.2 Å². The molecular weight excluding hydrogens is 254 g/mol. The Hall–Kier alpha value is -2.63. The lowest BCUT2D eigenvalue weighted by molar-refractivity contribution is 0.102. The van der Waals surface area contributed by atoms with E-state index < -0.39 is 0 Å². The first-order valence-electron chi connectivity index (χ1n) is 6.20. The summed E-state index contributed by atoms with van der Waals surface area (Å²) in [4.78, 5) is 14.0. The predicted molar refractivity (Wildman–Crippen MR) is 80.3 cm³/mol. The molecule has 0 saturated carbocycles. The highest BCUT2D eigenvalue weighted by molar-refractivity contribution is 6.02. The summed E-state index contributed by atoms with van der Waals surface area (Å²) in [5.41, 5.74) is 2.07. The summed E-state index contributed by atoms with van der Waals surface area (Å²) in [6.45, 7) is 0. The molecule has 1 aromatic carbocycles. The van der Waals surface area contributed by atoms with Crippen LogP contribution in [0.3, 0.4) is 0 Å². The van der Waals surface area contributed by atoms with E-state index in [-0.39, 0.29) is 11.6 Å². The lowest BCUT2D eigenvalue weighted by atomic mass is 10.2. The van der Waals surface area contributed by atoms with Crippen LogP contribution >= 0.6 is 0 Å². The summed E-state index contributed by atoms with van der Waals surface area (Å²) >= 11 is 0. The molecule has 0 atom stereocenters. The number of nitrogens with one attached hydrogen (secondary N) is 2. The number of carbonyl (C=O) groups is 1. The molecule has 0 unspecified atom stereocenters. The lowest BCUT2D eigenvalue weighted by Crippen LogP contribution is -2.15. The number of hydrogen-bond donors (Lipinski definition) is 2. The van der Waals surface area contributed by atoms with Gasteiger partial charge in [-0.3, -0.25) is 4.79 Å². The van der Waals surface area contributed by atoms with Gasteiger partial charge < -0.3 is 15.5 Å². The molecule has 0 fully saturated rings. The average Bonchev–Trinajstić information content (AvgIpc) is 2.48. The molecule has 0 bridgehead atoms. The van der Waals surface area contributed by atoms with E-state index in [2.05, 4.69) is 20.8 Å². The van der Waals surface area contributed by atoms with Crippen molar-refractivity contribution in [3.63, 3.8) is 0 Å². The number of benzene rings is 1. The molecule has 1 amide bonds. The Labute approximate surface area is 117 Å². The summed E-state index contributed by atoms with van der Waals surface area (Å²) in [6, 6.07) is 10.9. The van der Waals surface area contributed by atoms with Gasteiger partial charge in [0, 0.05) is 32.5 Å². The first-order chi connectivity index (χ1) is 9.60. The van der Waals surface area contributed by atoms with Crippen molar-refractivity contribution in [2.45, 2.75) is 0 Å². The number of rotatable bonds is 4. The molecule has 1 heterocycles. The Morgan fingerprint density at radius 2 is 1.75 bits per heavy atom. The predicted octanol–water partition coefficient (Wildman–Crippen LogP) is 1.84. The maximum Gasteiger partial charge on any atom is 0.276 e. The number of amides is 1. The van der Waals surface area contributed by atoms with Gasteiger partial charge in [0.2, 0.25) is 0 Å². The second kappa shape index (κ2) is 6.01. The third-order valence-corrected chi connectivity index (χ3v) is 2.79. The minimum absolute atomic E-state index is 0.278. The highest BCUT2D eigenvalue weighted by atomic mass is 16.1. The van der Waals surface area contributed by atoms with Crippen LogP contribution in [0.4, 0.5) is 17.2 Å². The minimum Gasteiger partial charge on any atom is -0.378 e. The molecule has 2 rings (SSSR count). The van der Waals surface area contributed by atoms with Gasteiger partial charge >= 0.3 is 0 Å². The molecule has 1 aromatic heterocycles. The zero-order valence-corrected chi connectivity index (χ0v) is 11.7. The van der Waals surface area contributed by atoms with Crippen molar-refractivity contribution < 1.29 is 4.79 Å². The lowest BCUT2D eigenvalue weighted by Gasteiger charge is -2.12. The van der Waals surface area contributed by atoms with Gasteiger partial charge in [-0.05, 0) is 36.4 Å². The molecule has 20 heavy (non-hydrogen) atoms. The number of hydrogen-bond acceptors (Lipinski definition) is 5. The van der Waals surface area contributed by atoms with Crippen molar-refractivity contribution in [1.82, 2.24) is 10.2 Å². The first-order valence-corrected chi connectivity index (χ1v) is 6.20. The van der Waals surface area contributed by atoms with Crippen molar-refractivity contribution in [2.75, 3.05) is 36.7 Å². The zero-order valence-electron chi connectivity index (χ0n) is 11.7. The highest BCUT2D eigenvalue weighted by Crippen LogP contribution is 2.16. The quantitative estimate of drug-likeness (QED) is 0.888. The summed E-state index contributed by atoms with van der Waals surface area (Å²) in [6.07, 6.45) is 0. The average molecular weight is 271 g/mol. The largest absolute Gasteiger partial charge is 0.378 e. The summed E-state index contributed by atoms with van der Waals surface area (Å²) < 4.78 is 0. The third kappa shape index (κ3) is 3.23. The summed E-state index contributed by atoms with van der Waals surface area (Å²) in [5, 5.41) is 13.4. The van der Waals surface area contributed by atoms with Crippen molar-refractivity contribution in [3.8, 4) is 0 Å². The molecule has 0 spiro atoms. The second-order valence-electron chi connectivity index (χ2n) is 4.45. The fourth-order valence-electron chi connectivity index (χ4n) is 1.62. The second-order valence-corrected chi connectivity index (χ2v) is 4.45. The van der Waals surface area contributed by atoms with Crippen LogP contribution < -0.4 is 15.5 Å². The maximum absolute atomic E-state index is 12.0. The summed E-state index contributed by atoms with van der Waals surface area (Å²) in [5.74, 6) is 0.342. The maximum atomic E-state index is 12.0. The molecule has 0 saturated heterocycles. The molecule has 6 heteroatoms. The highest BCUT2D eigenvalue weighted by Gasteiger charge is 2.08. The van der Waals surface area contributed by atoms with Crippen LogP contribution in [0.2, 0.25) is 0 Å². The van der Waals surface area contributed by atoms with Gasteiger partial charge in [0.05, 0.1) is 0 Å². The molecule has 6 nitrogen and oxygen atoms in total. The van der Waals surface area contributed by atoms with Gasteiger partial charge in [0.15, 0.2) is 5.69 Å². The normalized spacial score (nSPS) is 9.95. The van der Waals surface area contributed by atoms with Gasteiger partial charge in [0.25, 0.3) is 5.91 Å². The van der Waals surface area contributed by atoms with Crippen LogP contribution in [0.25, 0.3) is 0 Å². The van der Waals surface area contributed by atoms with Crippen molar-refractivity contribution in [1.29, 1.82) is 0 Å². The van der Waals surface area contributed by atoms with E-state index in [1.165, 1.54) is 0 Å². The number of nitrogens with zero attached hydrogens (tertiary/aromatic N) is 3. The minimum atomic E-state index is -0.280. The number of aromatic nitrogens is 2. The number of carbonyl (C=O) groups excluding carboxylic acids is 1. The van der Waals surface area contributed by atoms with Crippen LogP contribution in [0.1, 0.15) is 10.5 Å². The molecule has 0 aliphatic carbocycles. The SMILES string of the molecule is CNc1ccc(C(=O)Nc2ccc(N(C)C)cc2)nn1. The van der Waals surface area contributed by atoms with Gasteiger partial charge in [-0.15, -0.1) is 10.2 Å². The molecule has 0 aliphatic rings. The van der Waals surface area contributed by atoms with E-state index in [9.17, 15) is 4.79 Å². The van der Waals surface area contributed by atoms with Crippen molar-refractivity contribution in [3.05, 3.63) is 42.1 Å². The topological polar surface area (TPSA) is 70.2 Å². The van der Waals surface area contributed by atoms with Gasteiger partial charge in [-0.25, -0.2) is 0 Å². The molecule has 2 N–H and O–H groups in total. The standard InChI is InChI=1S/C14H17N5O/c1-15-13-9-8-12(17-18-13)14(20)16-10-4-6-11(7-5-10)19(2)3/h4-9H,1-3H3,(H,15,18)(H,16,20).